The Labute approximate surface area is 201 Å². The molecule has 32 heavy (non-hydrogen) atoms. The topological polar surface area (TPSA) is 117 Å². The average molecular weight is 571 g/mol. The van der Waals surface area contributed by atoms with Gasteiger partial charge in [0.25, 0.3) is 5.69 Å². The van der Waals surface area contributed by atoms with Gasteiger partial charge in [-0.2, -0.15) is 0 Å². The fraction of sp³-hybridized carbons (Fsp3) is 0.190. The lowest BCUT2D eigenvalue weighted by molar-refractivity contribution is -0.384. The number of aliphatic imine (C=N–C) groups is 1. The van der Waals surface area contributed by atoms with Crippen LogP contribution in [-0.4, -0.2) is 29.9 Å². The minimum Gasteiger partial charge on any atom is -0.493 e. The zero-order valence-electron chi connectivity index (χ0n) is 16.9. The Balaban J connectivity index is 1.93. The standard InChI is InChI=1S/C21H16ClIN2O7/c1-3-4-18(26)31-19-15(23)7-11(9-17(19)30-2)8-16-21(27)32-20(24-16)13-6-5-12(25(28)29)10-14(13)22/h5-10H,3-4H2,1-2H3/b16-8-. The molecule has 2 aromatic carbocycles. The number of halogens is 2. The van der Waals surface area contributed by atoms with Gasteiger partial charge >= 0.3 is 11.9 Å². The van der Waals surface area contributed by atoms with E-state index in [0.29, 0.717) is 27.1 Å². The lowest BCUT2D eigenvalue weighted by Crippen LogP contribution is -2.09. The molecule has 166 valence electrons. The SMILES string of the molecule is CCCC(=O)Oc1c(I)cc(/C=C2\N=C(c3ccc([N+](=O)[O-])cc3Cl)OC2=O)cc1OC. The van der Waals surface area contributed by atoms with Crippen molar-refractivity contribution in [3.05, 3.63) is 65.9 Å². The molecule has 0 fully saturated rings. The zero-order chi connectivity index (χ0) is 23.4. The molecule has 1 heterocycles. The Morgan fingerprint density at radius 1 is 1.34 bits per heavy atom. The van der Waals surface area contributed by atoms with E-state index in [1.54, 1.807) is 12.1 Å². The normalized spacial score (nSPS) is 14.2. The van der Waals surface area contributed by atoms with Gasteiger partial charge in [0.05, 0.1) is 26.2 Å². The minimum absolute atomic E-state index is 0.00278. The van der Waals surface area contributed by atoms with Gasteiger partial charge in [0.1, 0.15) is 0 Å². The van der Waals surface area contributed by atoms with E-state index in [9.17, 15) is 19.7 Å². The molecule has 1 aliphatic rings. The number of methoxy groups -OCH3 is 1. The summed E-state index contributed by atoms with van der Waals surface area (Å²) in [6.07, 6.45) is 2.42. The first-order chi connectivity index (χ1) is 15.2. The number of nitro groups is 1. The van der Waals surface area contributed by atoms with E-state index in [2.05, 4.69) is 4.99 Å². The van der Waals surface area contributed by atoms with Crippen molar-refractivity contribution in [1.29, 1.82) is 0 Å². The smallest absolute Gasteiger partial charge is 0.363 e. The number of cyclic esters (lactones) is 1. The van der Waals surface area contributed by atoms with Crippen LogP contribution >= 0.6 is 34.2 Å². The minimum atomic E-state index is -0.707. The highest BCUT2D eigenvalue weighted by atomic mass is 127. The van der Waals surface area contributed by atoms with Gasteiger partial charge < -0.3 is 14.2 Å². The number of carbonyl (C=O) groups is 2. The van der Waals surface area contributed by atoms with Crippen LogP contribution in [0.1, 0.15) is 30.9 Å². The van der Waals surface area contributed by atoms with E-state index >= 15 is 0 Å². The molecular weight excluding hydrogens is 555 g/mol. The summed E-state index contributed by atoms with van der Waals surface area (Å²) in [7, 11) is 1.44. The van der Waals surface area contributed by atoms with Gasteiger partial charge in [-0.3, -0.25) is 14.9 Å². The molecule has 1 aliphatic heterocycles. The molecule has 0 unspecified atom stereocenters. The quantitative estimate of drug-likeness (QED) is 0.116. The molecular formula is C21H16ClIN2O7. The van der Waals surface area contributed by atoms with Crippen LogP contribution in [0.15, 0.2) is 41.0 Å². The number of benzene rings is 2. The third-order valence-corrected chi connectivity index (χ3v) is 5.35. The van der Waals surface area contributed by atoms with Gasteiger partial charge in [-0.1, -0.05) is 18.5 Å². The first kappa shape index (κ1) is 23.7. The largest absolute Gasteiger partial charge is 0.493 e. The molecule has 0 saturated carbocycles. The Morgan fingerprint density at radius 2 is 2.09 bits per heavy atom. The van der Waals surface area contributed by atoms with Crippen molar-refractivity contribution in [2.24, 2.45) is 4.99 Å². The molecule has 0 saturated heterocycles. The van der Waals surface area contributed by atoms with Gasteiger partial charge in [0.2, 0.25) is 5.90 Å². The van der Waals surface area contributed by atoms with Crippen molar-refractivity contribution in [3.8, 4) is 11.5 Å². The summed E-state index contributed by atoms with van der Waals surface area (Å²) in [5.74, 6) is -0.523. The molecule has 0 bridgehead atoms. The maximum Gasteiger partial charge on any atom is 0.363 e. The number of hydrogen-bond donors (Lipinski definition) is 0. The van der Waals surface area contributed by atoms with Crippen LogP contribution in [0, 0.1) is 13.7 Å². The molecule has 0 amide bonds. The fourth-order valence-electron chi connectivity index (χ4n) is 2.76. The Bertz CT molecular complexity index is 1180. The van der Waals surface area contributed by atoms with Crippen LogP contribution in [0.25, 0.3) is 6.08 Å². The molecule has 3 rings (SSSR count). The maximum atomic E-state index is 12.3. The second kappa shape index (κ2) is 10.1. The summed E-state index contributed by atoms with van der Waals surface area (Å²) in [5, 5.41) is 10.9. The van der Waals surface area contributed by atoms with Gasteiger partial charge in [0, 0.05) is 18.6 Å². The molecule has 0 aromatic heterocycles. The van der Waals surface area contributed by atoms with Crippen molar-refractivity contribution >= 4 is 63.8 Å². The summed E-state index contributed by atoms with van der Waals surface area (Å²) < 4.78 is 16.5. The van der Waals surface area contributed by atoms with Crippen LogP contribution in [0.3, 0.4) is 0 Å². The molecule has 0 spiro atoms. The first-order valence-corrected chi connectivity index (χ1v) is 10.7. The van der Waals surface area contributed by atoms with Crippen molar-refractivity contribution in [3.63, 3.8) is 0 Å². The molecule has 0 aliphatic carbocycles. The highest BCUT2D eigenvalue weighted by molar-refractivity contribution is 14.1. The van der Waals surface area contributed by atoms with Crippen LogP contribution in [0.5, 0.6) is 11.5 Å². The van der Waals surface area contributed by atoms with Crippen molar-refractivity contribution in [2.45, 2.75) is 19.8 Å². The summed E-state index contributed by atoms with van der Waals surface area (Å²) >= 11 is 8.10. The molecule has 11 heteroatoms. The van der Waals surface area contributed by atoms with Gasteiger partial charge in [-0.05, 0) is 58.9 Å². The average Bonchev–Trinajstić information content (AvgIpc) is 3.09. The number of rotatable bonds is 7. The van der Waals surface area contributed by atoms with E-state index in [0.717, 1.165) is 6.07 Å². The Kier molecular flexibility index (Phi) is 7.46. The molecule has 2 aromatic rings. The van der Waals surface area contributed by atoms with Crippen molar-refractivity contribution in [1.82, 2.24) is 0 Å². The number of carbonyl (C=O) groups excluding carboxylic acids is 2. The van der Waals surface area contributed by atoms with Gasteiger partial charge in [-0.15, -0.1) is 0 Å². The summed E-state index contributed by atoms with van der Waals surface area (Å²) in [5.41, 5.74) is 0.622. The van der Waals surface area contributed by atoms with E-state index < -0.39 is 10.9 Å². The second-order valence-corrected chi connectivity index (χ2v) is 8.08. The third kappa shape index (κ3) is 5.25. The number of nitrogens with zero attached hydrogens (tertiary/aromatic N) is 2. The van der Waals surface area contributed by atoms with E-state index in [-0.39, 0.29) is 40.3 Å². The van der Waals surface area contributed by atoms with Crippen LogP contribution < -0.4 is 9.47 Å². The summed E-state index contributed by atoms with van der Waals surface area (Å²) in [4.78, 5) is 38.7. The number of non-ortho nitro benzene ring substituents is 1. The maximum absolute atomic E-state index is 12.3. The monoisotopic (exact) mass is 570 g/mol. The van der Waals surface area contributed by atoms with Crippen LogP contribution in [-0.2, 0) is 14.3 Å². The third-order valence-electron chi connectivity index (χ3n) is 4.24. The molecule has 0 atom stereocenters. The molecule has 9 nitrogen and oxygen atoms in total. The lowest BCUT2D eigenvalue weighted by atomic mass is 10.1. The predicted molar refractivity (Wildman–Crippen MR) is 125 cm³/mol. The van der Waals surface area contributed by atoms with Gasteiger partial charge in [0.15, 0.2) is 17.2 Å². The van der Waals surface area contributed by atoms with Crippen LogP contribution in [0.2, 0.25) is 5.02 Å². The van der Waals surface area contributed by atoms with Crippen LogP contribution in [0.4, 0.5) is 5.69 Å². The Hall–Kier alpha value is -2.99. The Morgan fingerprint density at radius 3 is 2.72 bits per heavy atom. The fourth-order valence-corrected chi connectivity index (χ4v) is 3.76. The number of esters is 2. The second-order valence-electron chi connectivity index (χ2n) is 6.52. The summed E-state index contributed by atoms with van der Waals surface area (Å²) in [6.45, 7) is 1.87. The molecule has 0 N–H and O–H groups in total. The number of nitro benzene ring substituents is 1. The van der Waals surface area contributed by atoms with Gasteiger partial charge in [-0.25, -0.2) is 9.79 Å². The van der Waals surface area contributed by atoms with Crippen molar-refractivity contribution in [2.75, 3.05) is 7.11 Å². The predicted octanol–water partition coefficient (Wildman–Crippen LogP) is 4.91. The number of hydrogen-bond acceptors (Lipinski definition) is 8. The summed E-state index contributed by atoms with van der Waals surface area (Å²) in [6, 6.07) is 7.06. The van der Waals surface area contributed by atoms with E-state index in [4.69, 9.17) is 25.8 Å². The van der Waals surface area contributed by atoms with E-state index in [1.165, 1.54) is 25.3 Å². The van der Waals surface area contributed by atoms with Crippen molar-refractivity contribution < 1.29 is 28.7 Å². The zero-order valence-corrected chi connectivity index (χ0v) is 19.8. The molecule has 0 radical (unpaired) electrons. The number of ether oxygens (including phenoxy) is 3. The van der Waals surface area contributed by atoms with E-state index in [1.807, 2.05) is 29.5 Å². The lowest BCUT2D eigenvalue weighted by Gasteiger charge is -2.12. The first-order valence-electron chi connectivity index (χ1n) is 9.28. The highest BCUT2D eigenvalue weighted by Gasteiger charge is 2.27. The highest BCUT2D eigenvalue weighted by Crippen LogP contribution is 2.35.